The summed E-state index contributed by atoms with van der Waals surface area (Å²) in [6, 6.07) is 0.554. The fourth-order valence-corrected chi connectivity index (χ4v) is 4.37. The average Bonchev–Trinajstić information content (AvgIpc) is 2.97. The van der Waals surface area contributed by atoms with Crippen LogP contribution in [0.1, 0.15) is 39.0 Å². The normalized spacial score (nSPS) is 26.6. The van der Waals surface area contributed by atoms with Crippen LogP contribution in [0.3, 0.4) is 0 Å². The van der Waals surface area contributed by atoms with Crippen molar-refractivity contribution in [2.75, 3.05) is 47.1 Å². The molecule has 2 atom stereocenters. The van der Waals surface area contributed by atoms with E-state index in [1.807, 2.05) is 0 Å². The third-order valence-corrected chi connectivity index (χ3v) is 5.35. The third kappa shape index (κ3) is 3.35. The van der Waals surface area contributed by atoms with E-state index in [2.05, 4.69) is 24.2 Å². The maximum Gasteiger partial charge on any atom is 0.0594 e. The van der Waals surface area contributed by atoms with Crippen molar-refractivity contribution in [3.63, 3.8) is 0 Å². The Kier molecular flexibility index (Phi) is 6.27. The van der Waals surface area contributed by atoms with Crippen molar-refractivity contribution in [2.45, 2.75) is 50.6 Å². The molecular formula is C16H32N2O2. The number of hydrogen-bond acceptors (Lipinski definition) is 4. The van der Waals surface area contributed by atoms with Crippen molar-refractivity contribution >= 4 is 0 Å². The maximum absolute atomic E-state index is 5.56. The van der Waals surface area contributed by atoms with Crippen LogP contribution in [0.25, 0.3) is 0 Å². The highest BCUT2D eigenvalue weighted by Gasteiger charge is 2.47. The molecule has 0 aromatic heterocycles. The number of rotatable bonds is 7. The highest BCUT2D eigenvalue weighted by molar-refractivity contribution is 5.05. The molecular weight excluding hydrogens is 252 g/mol. The molecule has 0 bridgehead atoms. The largest absolute Gasteiger partial charge is 0.385 e. The van der Waals surface area contributed by atoms with Crippen LogP contribution in [0.5, 0.6) is 0 Å². The minimum atomic E-state index is 0.339. The summed E-state index contributed by atoms with van der Waals surface area (Å²) in [7, 11) is 3.93. The molecule has 1 saturated heterocycles. The summed E-state index contributed by atoms with van der Waals surface area (Å²) in [5, 5.41) is 3.65. The van der Waals surface area contributed by atoms with Crippen LogP contribution >= 0.6 is 0 Å². The molecule has 2 fully saturated rings. The van der Waals surface area contributed by atoms with Gasteiger partial charge < -0.3 is 14.8 Å². The SMILES string of the molecule is CNC(C(C)CCOC)C1(N2CCOCC2)CCCC1. The minimum absolute atomic E-state index is 0.339. The Bertz CT molecular complexity index is 274. The molecule has 1 aliphatic carbocycles. The first-order chi connectivity index (χ1) is 9.74. The molecule has 2 aliphatic rings. The van der Waals surface area contributed by atoms with E-state index in [1.165, 1.54) is 25.7 Å². The van der Waals surface area contributed by atoms with Crippen LogP contribution in [-0.4, -0.2) is 63.5 Å². The molecule has 4 nitrogen and oxygen atoms in total. The van der Waals surface area contributed by atoms with Crippen LogP contribution in [0, 0.1) is 5.92 Å². The first kappa shape index (κ1) is 16.2. The summed E-state index contributed by atoms with van der Waals surface area (Å²) in [5.41, 5.74) is 0.339. The predicted molar refractivity (Wildman–Crippen MR) is 82.1 cm³/mol. The molecule has 118 valence electrons. The van der Waals surface area contributed by atoms with E-state index in [4.69, 9.17) is 9.47 Å². The van der Waals surface area contributed by atoms with Gasteiger partial charge in [0.25, 0.3) is 0 Å². The number of hydrogen-bond donors (Lipinski definition) is 1. The Morgan fingerprint density at radius 2 is 1.90 bits per heavy atom. The lowest BCUT2D eigenvalue weighted by Crippen LogP contribution is -2.63. The monoisotopic (exact) mass is 284 g/mol. The van der Waals surface area contributed by atoms with Crippen molar-refractivity contribution in [3.05, 3.63) is 0 Å². The third-order valence-electron chi connectivity index (χ3n) is 5.35. The van der Waals surface area contributed by atoms with Gasteiger partial charge in [0.15, 0.2) is 0 Å². The number of methoxy groups -OCH3 is 1. The first-order valence-electron chi connectivity index (χ1n) is 8.23. The standard InChI is InChI=1S/C16H32N2O2/c1-14(6-11-19-3)15(17-2)16(7-4-5-8-16)18-9-12-20-13-10-18/h14-15,17H,4-13H2,1-3H3. The van der Waals surface area contributed by atoms with Gasteiger partial charge in [-0.15, -0.1) is 0 Å². The Hall–Kier alpha value is -0.160. The number of likely N-dealkylation sites (N-methyl/N-ethyl adjacent to an activating group) is 1. The van der Waals surface area contributed by atoms with Gasteiger partial charge in [0.05, 0.1) is 13.2 Å². The summed E-state index contributed by atoms with van der Waals surface area (Å²) < 4.78 is 10.8. The van der Waals surface area contributed by atoms with Gasteiger partial charge in [-0.2, -0.15) is 0 Å². The molecule has 1 N–H and O–H groups in total. The predicted octanol–water partition coefficient (Wildman–Crippen LogP) is 1.89. The van der Waals surface area contributed by atoms with Crippen LogP contribution in [0.15, 0.2) is 0 Å². The molecule has 1 aliphatic heterocycles. The lowest BCUT2D eigenvalue weighted by molar-refractivity contribution is -0.0441. The molecule has 0 aromatic rings. The van der Waals surface area contributed by atoms with Gasteiger partial charge in [0.2, 0.25) is 0 Å². The summed E-state index contributed by atoms with van der Waals surface area (Å²) >= 11 is 0. The zero-order valence-electron chi connectivity index (χ0n) is 13.5. The zero-order valence-corrected chi connectivity index (χ0v) is 13.5. The summed E-state index contributed by atoms with van der Waals surface area (Å²) in [6.45, 7) is 7.21. The summed E-state index contributed by atoms with van der Waals surface area (Å²) in [6.07, 6.45) is 6.53. The van der Waals surface area contributed by atoms with Crippen LogP contribution in [0.4, 0.5) is 0 Å². The first-order valence-corrected chi connectivity index (χ1v) is 8.23. The van der Waals surface area contributed by atoms with Gasteiger partial charge in [-0.1, -0.05) is 19.8 Å². The summed E-state index contributed by atoms with van der Waals surface area (Å²) in [5.74, 6) is 0.640. The lowest BCUT2D eigenvalue weighted by Gasteiger charge is -2.50. The molecule has 0 aromatic carbocycles. The van der Waals surface area contributed by atoms with Crippen molar-refractivity contribution in [1.82, 2.24) is 10.2 Å². The Morgan fingerprint density at radius 1 is 1.25 bits per heavy atom. The van der Waals surface area contributed by atoms with E-state index in [1.54, 1.807) is 7.11 Å². The van der Waals surface area contributed by atoms with Gasteiger partial charge >= 0.3 is 0 Å². The minimum Gasteiger partial charge on any atom is -0.385 e. The molecule has 2 unspecified atom stereocenters. The second-order valence-corrected chi connectivity index (χ2v) is 6.44. The van der Waals surface area contributed by atoms with Gasteiger partial charge in [0, 0.05) is 38.4 Å². The van der Waals surface area contributed by atoms with Gasteiger partial charge in [-0.05, 0) is 32.2 Å². The topological polar surface area (TPSA) is 33.7 Å². The van der Waals surface area contributed by atoms with E-state index < -0.39 is 0 Å². The number of nitrogens with one attached hydrogen (secondary N) is 1. The fourth-order valence-electron chi connectivity index (χ4n) is 4.37. The number of ether oxygens (including phenoxy) is 2. The van der Waals surface area contributed by atoms with Gasteiger partial charge in [0.1, 0.15) is 0 Å². The Morgan fingerprint density at radius 3 is 2.45 bits per heavy atom. The molecule has 4 heteroatoms. The second-order valence-electron chi connectivity index (χ2n) is 6.44. The van der Waals surface area contributed by atoms with E-state index in [0.717, 1.165) is 39.3 Å². The summed E-state index contributed by atoms with van der Waals surface area (Å²) in [4.78, 5) is 2.72. The molecule has 20 heavy (non-hydrogen) atoms. The van der Waals surface area contributed by atoms with E-state index in [-0.39, 0.29) is 0 Å². The molecule has 1 heterocycles. The van der Waals surface area contributed by atoms with Crippen LogP contribution in [0.2, 0.25) is 0 Å². The van der Waals surface area contributed by atoms with Crippen LogP contribution in [-0.2, 0) is 9.47 Å². The fraction of sp³-hybridized carbons (Fsp3) is 1.00. The van der Waals surface area contributed by atoms with Gasteiger partial charge in [-0.25, -0.2) is 0 Å². The smallest absolute Gasteiger partial charge is 0.0594 e. The molecule has 0 radical (unpaired) electrons. The Balaban J connectivity index is 2.11. The van der Waals surface area contributed by atoms with Crippen LogP contribution < -0.4 is 5.32 Å². The highest BCUT2D eigenvalue weighted by atomic mass is 16.5. The lowest BCUT2D eigenvalue weighted by atomic mass is 9.78. The quantitative estimate of drug-likeness (QED) is 0.774. The van der Waals surface area contributed by atoms with Crippen molar-refractivity contribution in [1.29, 1.82) is 0 Å². The molecule has 1 saturated carbocycles. The van der Waals surface area contributed by atoms with Crippen molar-refractivity contribution in [2.24, 2.45) is 5.92 Å². The van der Waals surface area contributed by atoms with E-state index >= 15 is 0 Å². The maximum atomic E-state index is 5.56. The molecule has 0 amide bonds. The number of nitrogens with zero attached hydrogens (tertiary/aromatic N) is 1. The highest BCUT2D eigenvalue weighted by Crippen LogP contribution is 2.41. The average molecular weight is 284 g/mol. The second kappa shape index (κ2) is 7.74. The van der Waals surface area contributed by atoms with Gasteiger partial charge in [-0.3, -0.25) is 4.90 Å². The molecule has 2 rings (SSSR count). The van der Waals surface area contributed by atoms with Crippen molar-refractivity contribution in [3.8, 4) is 0 Å². The zero-order chi connectivity index (χ0) is 14.4. The Labute approximate surface area is 124 Å². The van der Waals surface area contributed by atoms with E-state index in [9.17, 15) is 0 Å². The number of morpholine rings is 1. The van der Waals surface area contributed by atoms with E-state index in [0.29, 0.717) is 17.5 Å². The molecule has 0 spiro atoms. The van der Waals surface area contributed by atoms with Crippen molar-refractivity contribution < 1.29 is 9.47 Å².